The molecule has 35 heavy (non-hydrogen) atoms. The Morgan fingerprint density at radius 2 is 1.80 bits per heavy atom. The van der Waals surface area contributed by atoms with E-state index in [9.17, 15) is 14.4 Å². The zero-order chi connectivity index (χ0) is 24.9. The van der Waals surface area contributed by atoms with Crippen molar-refractivity contribution in [3.8, 4) is 0 Å². The van der Waals surface area contributed by atoms with Crippen LogP contribution in [0.5, 0.6) is 0 Å². The summed E-state index contributed by atoms with van der Waals surface area (Å²) in [5, 5.41) is 9.29. The Morgan fingerprint density at radius 3 is 2.49 bits per heavy atom. The van der Waals surface area contributed by atoms with Crippen molar-refractivity contribution in [2.24, 2.45) is 11.8 Å². The van der Waals surface area contributed by atoms with Crippen LogP contribution in [-0.4, -0.2) is 48.5 Å². The minimum atomic E-state index is -0.813. The van der Waals surface area contributed by atoms with Crippen LogP contribution in [0.2, 0.25) is 10.0 Å². The van der Waals surface area contributed by atoms with E-state index in [1.165, 1.54) is 25.9 Å². The fourth-order valence-electron chi connectivity index (χ4n) is 5.02. The van der Waals surface area contributed by atoms with Crippen molar-refractivity contribution in [1.82, 2.24) is 15.6 Å². The van der Waals surface area contributed by atoms with Gasteiger partial charge in [0.1, 0.15) is 6.04 Å². The van der Waals surface area contributed by atoms with Gasteiger partial charge in [0.2, 0.25) is 5.91 Å². The maximum absolute atomic E-state index is 13.0. The number of rotatable bonds is 7. The molecule has 8 nitrogen and oxygen atoms in total. The number of ether oxygens (including phenoxy) is 1. The lowest BCUT2D eigenvalue weighted by Gasteiger charge is -2.28. The molecule has 3 N–H and O–H groups in total. The highest BCUT2D eigenvalue weighted by Crippen LogP contribution is 2.36. The van der Waals surface area contributed by atoms with E-state index >= 15 is 0 Å². The van der Waals surface area contributed by atoms with Crippen molar-refractivity contribution in [2.45, 2.75) is 44.2 Å². The van der Waals surface area contributed by atoms with E-state index in [0.29, 0.717) is 17.5 Å². The third kappa shape index (κ3) is 5.94. The third-order valence-corrected chi connectivity index (χ3v) is 7.39. The average molecular weight is 519 g/mol. The van der Waals surface area contributed by atoms with Crippen molar-refractivity contribution < 1.29 is 19.1 Å². The average Bonchev–Trinajstić information content (AvgIpc) is 3.28. The zero-order valence-corrected chi connectivity index (χ0v) is 20.9. The lowest BCUT2D eigenvalue weighted by Crippen LogP contribution is -2.51. The molecular weight excluding hydrogens is 491 g/mol. The quantitative estimate of drug-likeness (QED) is 0.483. The van der Waals surface area contributed by atoms with Gasteiger partial charge in [-0.15, -0.1) is 0 Å². The first-order valence-corrected chi connectivity index (χ1v) is 12.4. The molecule has 2 aliphatic rings. The van der Waals surface area contributed by atoms with Crippen LogP contribution in [0, 0.1) is 11.8 Å². The van der Waals surface area contributed by atoms with Crippen LogP contribution in [0.25, 0.3) is 0 Å². The Balaban J connectivity index is 1.39. The number of carbonyl (C=O) groups excluding carboxylic acids is 3. The summed E-state index contributed by atoms with van der Waals surface area (Å²) in [6, 6.07) is 5.87. The minimum absolute atomic E-state index is 0.140. The monoisotopic (exact) mass is 518 g/mol. The topological polar surface area (TPSA) is 109 Å². The number of nitrogens with zero attached hydrogens (tertiary/aromatic N) is 1. The fourth-order valence-corrected chi connectivity index (χ4v) is 5.56. The number of hydrogen-bond donors (Lipinski definition) is 3. The van der Waals surface area contributed by atoms with Gasteiger partial charge in [0.05, 0.1) is 28.8 Å². The van der Waals surface area contributed by atoms with E-state index in [-0.39, 0.29) is 34.0 Å². The van der Waals surface area contributed by atoms with Gasteiger partial charge in [-0.1, -0.05) is 48.2 Å². The number of fused-ring (bicyclic) bond motifs is 1. The number of halogens is 2. The summed E-state index contributed by atoms with van der Waals surface area (Å²) in [6.45, 7) is 0.842. The molecule has 1 aliphatic carbocycles. The van der Waals surface area contributed by atoms with Crippen LogP contribution in [0.15, 0.2) is 36.7 Å². The number of amides is 2. The SMILES string of the molecule is COC(=O)[C@H](Cc1ccc(NC(=O)c2c(Cl)cncc2Cl)cc1)NC(=O)C1NCC2CCCCC21. The first-order chi connectivity index (χ1) is 16.9. The van der Waals surface area contributed by atoms with Crippen molar-refractivity contribution in [2.75, 3.05) is 19.0 Å². The molecule has 2 fully saturated rings. The van der Waals surface area contributed by atoms with E-state index in [1.807, 2.05) is 0 Å². The van der Waals surface area contributed by atoms with Gasteiger partial charge in [-0.05, 0) is 48.9 Å². The number of anilines is 1. The molecule has 4 atom stereocenters. The van der Waals surface area contributed by atoms with Crippen LogP contribution in [0.3, 0.4) is 0 Å². The molecule has 0 radical (unpaired) electrons. The van der Waals surface area contributed by atoms with Gasteiger partial charge in [-0.2, -0.15) is 0 Å². The van der Waals surface area contributed by atoms with Crippen molar-refractivity contribution in [3.63, 3.8) is 0 Å². The molecule has 4 rings (SSSR count). The molecule has 3 unspecified atom stereocenters. The molecule has 1 aliphatic heterocycles. The summed E-state index contributed by atoms with van der Waals surface area (Å²) >= 11 is 12.1. The van der Waals surface area contributed by atoms with Crippen LogP contribution in [0.4, 0.5) is 5.69 Å². The maximum atomic E-state index is 13.0. The number of nitrogens with one attached hydrogen (secondary N) is 3. The Morgan fingerprint density at radius 1 is 1.11 bits per heavy atom. The standard InChI is InChI=1S/C25H28Cl2N4O4/c1-35-25(34)20(31-24(33)22-17-5-3-2-4-15(17)11-29-22)10-14-6-8-16(9-7-14)30-23(32)21-18(26)12-28-13-19(21)27/h6-9,12-13,15,17,20,22,29H,2-5,10-11H2,1H3,(H,30,32)(H,31,33)/t15?,17?,20-,22?/m0/s1. The Hall–Kier alpha value is -2.68. The largest absolute Gasteiger partial charge is 0.467 e. The van der Waals surface area contributed by atoms with Crippen molar-refractivity contribution >= 4 is 46.7 Å². The molecule has 1 aromatic heterocycles. The fraction of sp³-hybridized carbons (Fsp3) is 0.440. The van der Waals surface area contributed by atoms with Gasteiger partial charge >= 0.3 is 5.97 Å². The lowest BCUT2D eigenvalue weighted by atomic mass is 9.78. The van der Waals surface area contributed by atoms with E-state index in [4.69, 9.17) is 27.9 Å². The molecule has 10 heteroatoms. The Labute approximate surface area is 214 Å². The van der Waals surface area contributed by atoms with E-state index in [2.05, 4.69) is 20.9 Å². The third-order valence-electron chi connectivity index (χ3n) is 6.81. The summed E-state index contributed by atoms with van der Waals surface area (Å²) < 4.78 is 4.94. The number of aromatic nitrogens is 1. The number of carbonyl (C=O) groups is 3. The van der Waals surface area contributed by atoms with Crippen LogP contribution < -0.4 is 16.0 Å². The highest BCUT2D eigenvalue weighted by Gasteiger charge is 2.41. The highest BCUT2D eigenvalue weighted by molar-refractivity contribution is 6.40. The van der Waals surface area contributed by atoms with Crippen molar-refractivity contribution in [1.29, 1.82) is 0 Å². The first kappa shape index (κ1) is 25.4. The van der Waals surface area contributed by atoms with E-state index in [1.54, 1.807) is 24.3 Å². The smallest absolute Gasteiger partial charge is 0.328 e. The number of hydrogen-bond acceptors (Lipinski definition) is 6. The van der Waals surface area contributed by atoms with Gasteiger partial charge in [-0.3, -0.25) is 14.6 Å². The zero-order valence-electron chi connectivity index (χ0n) is 19.4. The second kappa shape index (κ2) is 11.4. The van der Waals surface area contributed by atoms with E-state index in [0.717, 1.165) is 31.4 Å². The van der Waals surface area contributed by atoms with Gasteiger partial charge < -0.3 is 20.7 Å². The summed E-state index contributed by atoms with van der Waals surface area (Å²) in [7, 11) is 1.31. The van der Waals surface area contributed by atoms with Gasteiger partial charge in [-0.25, -0.2) is 4.79 Å². The molecular formula is C25H28Cl2N4O4. The van der Waals surface area contributed by atoms with Gasteiger partial charge in [0.25, 0.3) is 5.91 Å². The summed E-state index contributed by atoms with van der Waals surface area (Å²) in [4.78, 5) is 41.9. The summed E-state index contributed by atoms with van der Waals surface area (Å²) in [5.41, 5.74) is 1.47. The molecule has 0 bridgehead atoms. The molecule has 1 saturated heterocycles. The predicted molar refractivity (Wildman–Crippen MR) is 134 cm³/mol. The molecule has 1 saturated carbocycles. The summed E-state index contributed by atoms with van der Waals surface area (Å²) in [5.74, 6) is -0.288. The second-order valence-corrected chi connectivity index (χ2v) is 9.83. The number of methoxy groups -OCH3 is 1. The Bertz CT molecular complexity index is 1080. The lowest BCUT2D eigenvalue weighted by molar-refractivity contribution is -0.145. The van der Waals surface area contributed by atoms with Crippen LogP contribution >= 0.6 is 23.2 Å². The summed E-state index contributed by atoms with van der Waals surface area (Å²) in [6.07, 6.45) is 7.47. The predicted octanol–water partition coefficient (Wildman–Crippen LogP) is 3.62. The molecule has 2 heterocycles. The molecule has 1 aromatic carbocycles. The van der Waals surface area contributed by atoms with Crippen LogP contribution in [-0.2, 0) is 20.7 Å². The second-order valence-electron chi connectivity index (χ2n) is 9.01. The maximum Gasteiger partial charge on any atom is 0.328 e. The molecule has 0 spiro atoms. The minimum Gasteiger partial charge on any atom is -0.467 e. The number of benzene rings is 1. The Kier molecular flexibility index (Phi) is 8.26. The highest BCUT2D eigenvalue weighted by atomic mass is 35.5. The van der Waals surface area contributed by atoms with Gasteiger partial charge in [0.15, 0.2) is 0 Å². The normalized spacial score (nSPS) is 22.1. The van der Waals surface area contributed by atoms with Crippen LogP contribution in [0.1, 0.15) is 41.6 Å². The van der Waals surface area contributed by atoms with Gasteiger partial charge in [0, 0.05) is 24.5 Å². The molecule has 186 valence electrons. The number of pyridine rings is 1. The first-order valence-electron chi connectivity index (χ1n) is 11.7. The van der Waals surface area contributed by atoms with Crippen molar-refractivity contribution in [3.05, 3.63) is 57.8 Å². The number of esters is 1. The van der Waals surface area contributed by atoms with E-state index < -0.39 is 17.9 Å². The molecule has 2 aromatic rings. The molecule has 2 amide bonds.